The lowest BCUT2D eigenvalue weighted by molar-refractivity contribution is 0.669. The van der Waals surface area contributed by atoms with E-state index in [1.807, 2.05) is 12.1 Å². The van der Waals surface area contributed by atoms with Crippen molar-refractivity contribution in [3.63, 3.8) is 0 Å². The van der Waals surface area contributed by atoms with Gasteiger partial charge in [-0.2, -0.15) is 0 Å². The Morgan fingerprint density at radius 3 is 1.82 bits per heavy atom. The first kappa shape index (κ1) is 31.7. The van der Waals surface area contributed by atoms with Crippen LogP contribution < -0.4 is 4.90 Å². The highest BCUT2D eigenvalue weighted by atomic mass is 16.3. The average molecular weight is 728 g/mol. The van der Waals surface area contributed by atoms with E-state index < -0.39 is 0 Å². The summed E-state index contributed by atoms with van der Waals surface area (Å²) in [5, 5.41) is 11.7. The van der Waals surface area contributed by atoms with Gasteiger partial charge in [-0.1, -0.05) is 140 Å². The Hall–Kier alpha value is -7.62. The fourth-order valence-corrected chi connectivity index (χ4v) is 9.04. The molecule has 0 amide bonds. The number of benzene rings is 10. The summed E-state index contributed by atoms with van der Waals surface area (Å²) in [4.78, 5) is 2.36. The molecule has 0 N–H and O–H groups in total. The van der Waals surface area contributed by atoms with Crippen LogP contribution in [0.25, 0.3) is 98.4 Å². The van der Waals surface area contributed by atoms with Gasteiger partial charge in [-0.05, 0) is 98.2 Å². The van der Waals surface area contributed by atoms with Crippen molar-refractivity contribution in [2.45, 2.75) is 0 Å². The molecule has 0 atom stereocenters. The molecule has 0 radical (unpaired) electrons. The summed E-state index contributed by atoms with van der Waals surface area (Å²) < 4.78 is 13.1. The van der Waals surface area contributed by atoms with Crippen molar-refractivity contribution >= 4 is 93.3 Å². The van der Waals surface area contributed by atoms with Gasteiger partial charge in [0, 0.05) is 49.9 Å². The minimum absolute atomic E-state index is 0.852. The number of hydrogen-bond donors (Lipinski definition) is 0. The number of para-hydroxylation sites is 2. The van der Waals surface area contributed by atoms with Crippen molar-refractivity contribution in [2.24, 2.45) is 0 Å². The van der Waals surface area contributed by atoms with Crippen LogP contribution in [0.1, 0.15) is 0 Å². The van der Waals surface area contributed by atoms with E-state index in [1.54, 1.807) is 0 Å². The van der Waals surface area contributed by atoms with E-state index >= 15 is 0 Å². The molecular weight excluding hydrogens is 695 g/mol. The van der Waals surface area contributed by atoms with Crippen LogP contribution in [0.3, 0.4) is 0 Å². The van der Waals surface area contributed by atoms with Crippen molar-refractivity contribution in [1.29, 1.82) is 0 Å². The molecule has 3 heteroatoms. The standard InChI is InChI=1S/C54H33NO2/c1-4-15-40-34(12-1)26-30-47-53-46(20-11-23-51(53)57-54(40)47)43-18-7-9-21-49(43)55(38-29-31-45-44-19-8-10-22-50(44)56-52(45)33-38)37-27-24-35(25-28-37)48-32-36-13-2-3-14-39(36)41-16-5-6-17-42(41)48/h1-33H. The maximum atomic E-state index is 6.66. The van der Waals surface area contributed by atoms with Crippen LogP contribution in [-0.4, -0.2) is 0 Å². The van der Waals surface area contributed by atoms with Crippen LogP contribution in [0.4, 0.5) is 17.1 Å². The van der Waals surface area contributed by atoms with Gasteiger partial charge >= 0.3 is 0 Å². The first-order chi connectivity index (χ1) is 28.3. The molecule has 12 rings (SSSR count). The zero-order valence-corrected chi connectivity index (χ0v) is 30.8. The Morgan fingerprint density at radius 1 is 0.316 bits per heavy atom. The third kappa shape index (κ3) is 4.92. The minimum atomic E-state index is 0.852. The third-order valence-corrected chi connectivity index (χ3v) is 11.6. The molecule has 0 saturated carbocycles. The van der Waals surface area contributed by atoms with E-state index in [0.717, 1.165) is 77.5 Å². The maximum Gasteiger partial charge on any atom is 0.143 e. The lowest BCUT2D eigenvalue weighted by Gasteiger charge is -2.28. The SMILES string of the molecule is c1ccc(N(c2ccc(-c3cc4ccccc4c4ccccc34)cc2)c2ccc3c(c2)oc2ccccc23)c(-c2cccc3oc4c5ccccc5ccc4c23)c1. The molecule has 0 aliphatic carbocycles. The maximum absolute atomic E-state index is 6.66. The lowest BCUT2D eigenvalue weighted by Crippen LogP contribution is -2.11. The molecule has 0 spiro atoms. The second-order valence-electron chi connectivity index (χ2n) is 14.8. The molecular formula is C54H33NO2. The van der Waals surface area contributed by atoms with Gasteiger partial charge in [-0.3, -0.25) is 0 Å². The predicted octanol–water partition coefficient (Wildman–Crippen LogP) is 15.7. The number of fused-ring (bicyclic) bond motifs is 11. The highest BCUT2D eigenvalue weighted by Gasteiger charge is 2.22. The van der Waals surface area contributed by atoms with Gasteiger partial charge in [0.2, 0.25) is 0 Å². The molecule has 57 heavy (non-hydrogen) atoms. The minimum Gasteiger partial charge on any atom is -0.456 e. The molecule has 0 aliphatic rings. The fourth-order valence-electron chi connectivity index (χ4n) is 9.04. The molecule has 0 aliphatic heterocycles. The van der Waals surface area contributed by atoms with E-state index in [1.165, 1.54) is 38.1 Å². The summed E-state index contributed by atoms with van der Waals surface area (Å²) in [5.74, 6) is 0. The van der Waals surface area contributed by atoms with Gasteiger partial charge in [0.15, 0.2) is 0 Å². The molecule has 2 aromatic heterocycles. The molecule has 12 aromatic rings. The molecule has 3 nitrogen and oxygen atoms in total. The number of rotatable bonds is 5. The van der Waals surface area contributed by atoms with Crippen molar-refractivity contribution in [1.82, 2.24) is 0 Å². The Morgan fingerprint density at radius 2 is 0.947 bits per heavy atom. The molecule has 0 bridgehead atoms. The predicted molar refractivity (Wildman–Crippen MR) is 239 cm³/mol. The van der Waals surface area contributed by atoms with E-state index in [4.69, 9.17) is 8.83 Å². The van der Waals surface area contributed by atoms with Gasteiger partial charge < -0.3 is 13.7 Å². The second-order valence-corrected chi connectivity index (χ2v) is 14.8. The molecule has 0 unspecified atom stereocenters. The van der Waals surface area contributed by atoms with E-state index in [9.17, 15) is 0 Å². The number of furan rings is 2. The molecule has 266 valence electrons. The second kappa shape index (κ2) is 12.5. The van der Waals surface area contributed by atoms with Crippen LogP contribution in [0.2, 0.25) is 0 Å². The fraction of sp³-hybridized carbons (Fsp3) is 0. The van der Waals surface area contributed by atoms with Crippen molar-refractivity contribution in [3.05, 3.63) is 200 Å². The van der Waals surface area contributed by atoms with Gasteiger partial charge in [0.1, 0.15) is 22.3 Å². The summed E-state index contributed by atoms with van der Waals surface area (Å²) in [6.45, 7) is 0. The summed E-state index contributed by atoms with van der Waals surface area (Å²) in [6.07, 6.45) is 0. The van der Waals surface area contributed by atoms with Crippen molar-refractivity contribution in [3.8, 4) is 22.3 Å². The smallest absolute Gasteiger partial charge is 0.143 e. The lowest BCUT2D eigenvalue weighted by atomic mass is 9.93. The van der Waals surface area contributed by atoms with E-state index in [-0.39, 0.29) is 0 Å². The summed E-state index contributed by atoms with van der Waals surface area (Å²) >= 11 is 0. The quantitative estimate of drug-likeness (QED) is 0.165. The first-order valence-corrected chi connectivity index (χ1v) is 19.4. The Labute approximate surface area is 328 Å². The van der Waals surface area contributed by atoms with E-state index in [2.05, 4.69) is 193 Å². The van der Waals surface area contributed by atoms with Gasteiger partial charge in [-0.25, -0.2) is 0 Å². The first-order valence-electron chi connectivity index (χ1n) is 19.4. The number of anilines is 3. The van der Waals surface area contributed by atoms with Gasteiger partial charge in [-0.15, -0.1) is 0 Å². The zero-order chi connectivity index (χ0) is 37.5. The molecule has 2 heterocycles. The Balaban J connectivity index is 1.07. The monoisotopic (exact) mass is 727 g/mol. The summed E-state index contributed by atoms with van der Waals surface area (Å²) in [7, 11) is 0. The van der Waals surface area contributed by atoms with Crippen LogP contribution in [0.15, 0.2) is 209 Å². The third-order valence-electron chi connectivity index (χ3n) is 11.6. The van der Waals surface area contributed by atoms with Crippen molar-refractivity contribution < 1.29 is 8.83 Å². The zero-order valence-electron chi connectivity index (χ0n) is 30.8. The van der Waals surface area contributed by atoms with Crippen LogP contribution in [0.5, 0.6) is 0 Å². The average Bonchev–Trinajstić information content (AvgIpc) is 3.85. The van der Waals surface area contributed by atoms with E-state index in [0.29, 0.717) is 0 Å². The van der Waals surface area contributed by atoms with Crippen LogP contribution >= 0.6 is 0 Å². The van der Waals surface area contributed by atoms with Crippen molar-refractivity contribution in [2.75, 3.05) is 4.90 Å². The highest BCUT2D eigenvalue weighted by molar-refractivity contribution is 6.20. The van der Waals surface area contributed by atoms with Gasteiger partial charge in [0.25, 0.3) is 0 Å². The largest absolute Gasteiger partial charge is 0.456 e. The topological polar surface area (TPSA) is 29.5 Å². The summed E-state index contributed by atoms with van der Waals surface area (Å²) in [6, 6.07) is 71.5. The molecule has 10 aromatic carbocycles. The Kier molecular flexibility index (Phi) is 6.93. The number of hydrogen-bond acceptors (Lipinski definition) is 3. The number of nitrogens with zero attached hydrogens (tertiary/aromatic N) is 1. The molecule has 0 saturated heterocycles. The highest BCUT2D eigenvalue weighted by Crippen LogP contribution is 2.47. The summed E-state index contributed by atoms with van der Waals surface area (Å²) in [5.41, 5.74) is 11.2. The van der Waals surface area contributed by atoms with Crippen LogP contribution in [0, 0.1) is 0 Å². The molecule has 0 fully saturated rings. The normalized spacial score (nSPS) is 11.9. The Bertz CT molecular complexity index is 3530. The van der Waals surface area contributed by atoms with Crippen LogP contribution in [-0.2, 0) is 0 Å². The van der Waals surface area contributed by atoms with Gasteiger partial charge in [0.05, 0.1) is 5.69 Å².